The van der Waals surface area contributed by atoms with Crippen LogP contribution in [0.1, 0.15) is 17.5 Å². The number of carbonyl (C=O) groups is 3. The highest BCUT2D eigenvalue weighted by Gasteiger charge is 2.35. The third-order valence-electron chi connectivity index (χ3n) is 4.68. The second-order valence-corrected chi connectivity index (χ2v) is 6.82. The van der Waals surface area contributed by atoms with E-state index in [9.17, 15) is 14.4 Å². The van der Waals surface area contributed by atoms with Gasteiger partial charge in [-0.05, 0) is 30.2 Å². The van der Waals surface area contributed by atoms with Crippen LogP contribution in [0.5, 0.6) is 0 Å². The SMILES string of the molecule is N#Cc1cccc(NC(=O)COC(=O)[C@@H]2CC(=O)N(CCc3ccccc3)C2)c1. The van der Waals surface area contributed by atoms with Crippen molar-refractivity contribution in [3.8, 4) is 6.07 Å². The number of hydrogen-bond donors (Lipinski definition) is 1. The maximum absolute atomic E-state index is 12.2. The number of carbonyl (C=O) groups excluding carboxylic acids is 3. The lowest BCUT2D eigenvalue weighted by atomic mass is 10.1. The molecule has 0 aromatic heterocycles. The van der Waals surface area contributed by atoms with E-state index in [0.717, 1.165) is 12.0 Å². The van der Waals surface area contributed by atoms with Crippen LogP contribution in [0.4, 0.5) is 5.69 Å². The highest BCUT2D eigenvalue weighted by atomic mass is 16.5. The van der Waals surface area contributed by atoms with Gasteiger partial charge in [0.1, 0.15) is 0 Å². The van der Waals surface area contributed by atoms with Gasteiger partial charge in [0.15, 0.2) is 6.61 Å². The first kappa shape index (κ1) is 20.1. The van der Waals surface area contributed by atoms with Gasteiger partial charge in [-0.2, -0.15) is 5.26 Å². The molecule has 29 heavy (non-hydrogen) atoms. The summed E-state index contributed by atoms with van der Waals surface area (Å²) in [7, 11) is 0. The van der Waals surface area contributed by atoms with E-state index in [2.05, 4.69) is 5.32 Å². The van der Waals surface area contributed by atoms with Gasteiger partial charge in [-0.1, -0.05) is 36.4 Å². The predicted octanol–water partition coefficient (Wildman–Crippen LogP) is 2.13. The van der Waals surface area contributed by atoms with E-state index in [1.54, 1.807) is 23.1 Å². The Morgan fingerprint density at radius 2 is 1.97 bits per heavy atom. The molecule has 7 nitrogen and oxygen atoms in total. The lowest BCUT2D eigenvalue weighted by Crippen LogP contribution is -2.29. The standard InChI is InChI=1S/C22H21N3O4/c23-13-17-7-4-8-19(11-17)24-20(26)15-29-22(28)18-12-21(27)25(14-18)10-9-16-5-2-1-3-6-16/h1-8,11,18H,9-10,12,14-15H2,(H,24,26)/t18-/m1/s1. The van der Waals surface area contributed by atoms with Crippen LogP contribution in [-0.4, -0.2) is 42.4 Å². The molecule has 148 valence electrons. The molecule has 1 saturated heterocycles. The molecule has 1 aliphatic heterocycles. The van der Waals surface area contributed by atoms with E-state index in [1.165, 1.54) is 6.07 Å². The molecule has 3 rings (SSSR count). The molecule has 1 fully saturated rings. The van der Waals surface area contributed by atoms with E-state index in [4.69, 9.17) is 10.00 Å². The summed E-state index contributed by atoms with van der Waals surface area (Å²) in [5.41, 5.74) is 2.00. The first-order valence-electron chi connectivity index (χ1n) is 9.33. The average molecular weight is 391 g/mol. The Morgan fingerprint density at radius 3 is 2.72 bits per heavy atom. The highest BCUT2D eigenvalue weighted by Crippen LogP contribution is 2.20. The normalized spacial score (nSPS) is 15.6. The largest absolute Gasteiger partial charge is 0.455 e. The monoisotopic (exact) mass is 391 g/mol. The van der Waals surface area contributed by atoms with Crippen molar-refractivity contribution in [2.45, 2.75) is 12.8 Å². The molecule has 1 aliphatic rings. The topological polar surface area (TPSA) is 99.5 Å². The fourth-order valence-corrected chi connectivity index (χ4v) is 3.17. The van der Waals surface area contributed by atoms with Gasteiger partial charge in [-0.25, -0.2) is 0 Å². The van der Waals surface area contributed by atoms with Gasteiger partial charge >= 0.3 is 5.97 Å². The fourth-order valence-electron chi connectivity index (χ4n) is 3.17. The summed E-state index contributed by atoms with van der Waals surface area (Å²) in [5.74, 6) is -1.70. The van der Waals surface area contributed by atoms with E-state index in [-0.39, 0.29) is 12.3 Å². The molecule has 2 aromatic rings. The van der Waals surface area contributed by atoms with Crippen molar-refractivity contribution < 1.29 is 19.1 Å². The van der Waals surface area contributed by atoms with Gasteiger partial charge in [0, 0.05) is 25.2 Å². The average Bonchev–Trinajstić information content (AvgIpc) is 3.12. The van der Waals surface area contributed by atoms with Crippen molar-refractivity contribution in [2.24, 2.45) is 5.92 Å². The zero-order valence-electron chi connectivity index (χ0n) is 15.8. The first-order chi connectivity index (χ1) is 14.0. The van der Waals surface area contributed by atoms with Crippen LogP contribution >= 0.6 is 0 Å². The van der Waals surface area contributed by atoms with Crippen LogP contribution in [0.3, 0.4) is 0 Å². The lowest BCUT2D eigenvalue weighted by molar-refractivity contribution is -0.151. The third kappa shape index (κ3) is 5.66. The molecular weight excluding hydrogens is 370 g/mol. The number of nitrogens with zero attached hydrogens (tertiary/aromatic N) is 2. The highest BCUT2D eigenvalue weighted by molar-refractivity contribution is 5.93. The van der Waals surface area contributed by atoms with E-state index in [0.29, 0.717) is 24.3 Å². The Labute approximate surface area is 168 Å². The van der Waals surface area contributed by atoms with Crippen molar-refractivity contribution in [3.05, 3.63) is 65.7 Å². The molecule has 0 saturated carbocycles. The zero-order chi connectivity index (χ0) is 20.6. The van der Waals surface area contributed by atoms with Crippen LogP contribution in [0.25, 0.3) is 0 Å². The number of likely N-dealkylation sites (tertiary alicyclic amines) is 1. The molecule has 1 heterocycles. The quantitative estimate of drug-likeness (QED) is 0.729. The summed E-state index contributed by atoms with van der Waals surface area (Å²) in [4.78, 5) is 38.0. The summed E-state index contributed by atoms with van der Waals surface area (Å²) >= 11 is 0. The Balaban J connectivity index is 1.44. The molecule has 2 aromatic carbocycles. The minimum atomic E-state index is -0.562. The molecule has 1 N–H and O–H groups in total. The molecule has 0 radical (unpaired) electrons. The number of nitriles is 1. The summed E-state index contributed by atoms with van der Waals surface area (Å²) in [6.45, 7) is 0.406. The van der Waals surface area contributed by atoms with Gasteiger partial charge < -0.3 is 15.0 Å². The lowest BCUT2D eigenvalue weighted by Gasteiger charge is -2.16. The third-order valence-corrected chi connectivity index (χ3v) is 4.68. The van der Waals surface area contributed by atoms with Crippen molar-refractivity contribution >= 4 is 23.5 Å². The number of anilines is 1. The molecule has 2 amide bonds. The van der Waals surface area contributed by atoms with Crippen molar-refractivity contribution in [1.29, 1.82) is 5.26 Å². The molecule has 7 heteroatoms. The number of hydrogen-bond acceptors (Lipinski definition) is 5. The maximum Gasteiger partial charge on any atom is 0.311 e. The maximum atomic E-state index is 12.2. The van der Waals surface area contributed by atoms with E-state index in [1.807, 2.05) is 36.4 Å². The predicted molar refractivity (Wildman–Crippen MR) is 106 cm³/mol. The Kier molecular flexibility index (Phi) is 6.59. The van der Waals surface area contributed by atoms with Crippen LogP contribution in [0.15, 0.2) is 54.6 Å². The Bertz CT molecular complexity index is 937. The molecule has 0 spiro atoms. The zero-order valence-corrected chi connectivity index (χ0v) is 15.8. The number of ether oxygens (including phenoxy) is 1. The fraction of sp³-hybridized carbons (Fsp3) is 0.273. The molecule has 1 atom stereocenters. The smallest absolute Gasteiger partial charge is 0.311 e. The summed E-state index contributed by atoms with van der Waals surface area (Å²) in [5, 5.41) is 11.4. The molecule has 0 unspecified atom stereocenters. The van der Waals surface area contributed by atoms with E-state index >= 15 is 0 Å². The van der Waals surface area contributed by atoms with Crippen LogP contribution in [0, 0.1) is 17.2 Å². The van der Waals surface area contributed by atoms with Crippen molar-refractivity contribution in [2.75, 3.05) is 25.0 Å². The van der Waals surface area contributed by atoms with Crippen LogP contribution in [0.2, 0.25) is 0 Å². The van der Waals surface area contributed by atoms with Gasteiger partial charge in [-0.15, -0.1) is 0 Å². The van der Waals surface area contributed by atoms with Crippen LogP contribution < -0.4 is 5.32 Å². The number of esters is 1. The molecule has 0 aliphatic carbocycles. The van der Waals surface area contributed by atoms with Crippen molar-refractivity contribution in [3.63, 3.8) is 0 Å². The molecular formula is C22H21N3O4. The molecule has 0 bridgehead atoms. The summed E-state index contributed by atoms with van der Waals surface area (Å²) in [6.07, 6.45) is 0.817. The Morgan fingerprint density at radius 1 is 1.17 bits per heavy atom. The second-order valence-electron chi connectivity index (χ2n) is 6.82. The number of benzene rings is 2. The number of amides is 2. The van der Waals surface area contributed by atoms with Gasteiger partial charge in [0.25, 0.3) is 5.91 Å². The van der Waals surface area contributed by atoms with Crippen LogP contribution in [-0.2, 0) is 25.5 Å². The van der Waals surface area contributed by atoms with E-state index < -0.39 is 24.4 Å². The summed E-state index contributed by atoms with van der Waals surface area (Å²) in [6, 6.07) is 18.2. The Hall–Kier alpha value is -3.66. The number of nitrogens with one attached hydrogen (secondary N) is 1. The van der Waals surface area contributed by atoms with Gasteiger partial charge in [0.2, 0.25) is 5.91 Å². The minimum absolute atomic E-state index is 0.0827. The summed E-state index contributed by atoms with van der Waals surface area (Å²) < 4.78 is 5.08. The van der Waals surface area contributed by atoms with Crippen molar-refractivity contribution in [1.82, 2.24) is 4.90 Å². The second kappa shape index (κ2) is 9.51. The first-order valence-corrected chi connectivity index (χ1v) is 9.33. The van der Waals surface area contributed by atoms with Gasteiger partial charge in [-0.3, -0.25) is 14.4 Å². The van der Waals surface area contributed by atoms with Gasteiger partial charge in [0.05, 0.1) is 17.6 Å². The minimum Gasteiger partial charge on any atom is -0.455 e. The number of rotatable bonds is 7.